The van der Waals surface area contributed by atoms with Gasteiger partial charge in [0.2, 0.25) is 0 Å². The first kappa shape index (κ1) is 17.2. The van der Waals surface area contributed by atoms with E-state index in [0.717, 1.165) is 19.3 Å². The van der Waals surface area contributed by atoms with E-state index in [4.69, 9.17) is 9.84 Å². The van der Waals surface area contributed by atoms with Crippen LogP contribution in [0, 0.1) is 0 Å². The van der Waals surface area contributed by atoms with Crippen LogP contribution in [0.15, 0.2) is 12.2 Å². The number of methoxy groups -OCH3 is 1. The molecule has 3 heteroatoms. The van der Waals surface area contributed by atoms with E-state index in [-0.39, 0.29) is 0 Å². The van der Waals surface area contributed by atoms with Crippen molar-refractivity contribution < 1.29 is 14.6 Å². The molecule has 1 atom stereocenters. The minimum absolute atomic E-state index is 0.590. The molecule has 0 bridgehead atoms. The van der Waals surface area contributed by atoms with E-state index < -0.39 is 12.1 Å². The number of carboxylic acids is 1. The SMILES string of the molecule is CCCCCCC/C=C\CCCC(OC)C(=O)O. The number of rotatable bonds is 12. The lowest BCUT2D eigenvalue weighted by Crippen LogP contribution is -2.21. The zero-order chi connectivity index (χ0) is 13.6. The van der Waals surface area contributed by atoms with Gasteiger partial charge in [-0.2, -0.15) is 0 Å². The van der Waals surface area contributed by atoms with Crippen LogP contribution in [0.5, 0.6) is 0 Å². The lowest BCUT2D eigenvalue weighted by molar-refractivity contribution is -0.148. The third-order valence-electron chi connectivity index (χ3n) is 3.04. The van der Waals surface area contributed by atoms with Crippen LogP contribution in [0.4, 0.5) is 0 Å². The van der Waals surface area contributed by atoms with Gasteiger partial charge in [-0.05, 0) is 32.1 Å². The Morgan fingerprint density at radius 3 is 2.28 bits per heavy atom. The average molecular weight is 256 g/mol. The van der Waals surface area contributed by atoms with Gasteiger partial charge in [0.1, 0.15) is 0 Å². The molecule has 0 aliphatic carbocycles. The molecular formula is C15H28O3. The summed E-state index contributed by atoms with van der Waals surface area (Å²) >= 11 is 0. The zero-order valence-corrected chi connectivity index (χ0v) is 11.9. The maximum absolute atomic E-state index is 10.7. The average Bonchev–Trinajstić information content (AvgIpc) is 2.35. The molecule has 0 aromatic heterocycles. The van der Waals surface area contributed by atoms with Gasteiger partial charge in [0.05, 0.1) is 0 Å². The summed E-state index contributed by atoms with van der Waals surface area (Å²) in [7, 11) is 1.45. The molecule has 0 heterocycles. The zero-order valence-electron chi connectivity index (χ0n) is 11.9. The van der Waals surface area contributed by atoms with Crippen LogP contribution in [0.3, 0.4) is 0 Å². The topological polar surface area (TPSA) is 46.5 Å². The predicted molar refractivity (Wildman–Crippen MR) is 74.8 cm³/mol. The first-order valence-corrected chi connectivity index (χ1v) is 7.13. The Bertz CT molecular complexity index is 224. The number of hydrogen-bond donors (Lipinski definition) is 1. The maximum Gasteiger partial charge on any atom is 0.332 e. The van der Waals surface area contributed by atoms with Crippen molar-refractivity contribution in [2.24, 2.45) is 0 Å². The number of hydrogen-bond acceptors (Lipinski definition) is 2. The summed E-state index contributed by atoms with van der Waals surface area (Å²) < 4.78 is 4.87. The first-order chi connectivity index (χ1) is 8.72. The summed E-state index contributed by atoms with van der Waals surface area (Å²) in [4.78, 5) is 10.7. The molecule has 1 N–H and O–H groups in total. The minimum Gasteiger partial charge on any atom is -0.479 e. The van der Waals surface area contributed by atoms with Crippen LogP contribution in [0.1, 0.15) is 64.7 Å². The summed E-state index contributed by atoms with van der Waals surface area (Å²) in [5.74, 6) is -0.864. The maximum atomic E-state index is 10.7. The normalized spacial score (nSPS) is 13.0. The number of carboxylic acid groups (broad SMARTS) is 1. The van der Waals surface area contributed by atoms with Crippen LogP contribution < -0.4 is 0 Å². The molecule has 0 aromatic carbocycles. The summed E-state index contributed by atoms with van der Waals surface area (Å²) in [5.41, 5.74) is 0. The fraction of sp³-hybridized carbons (Fsp3) is 0.800. The molecule has 106 valence electrons. The van der Waals surface area contributed by atoms with Crippen molar-refractivity contribution in [3.63, 3.8) is 0 Å². The van der Waals surface area contributed by atoms with E-state index >= 15 is 0 Å². The summed E-state index contributed by atoms with van der Waals surface area (Å²) in [6, 6.07) is 0. The largest absolute Gasteiger partial charge is 0.479 e. The number of carbonyl (C=O) groups is 1. The molecule has 0 saturated carbocycles. The van der Waals surface area contributed by atoms with Crippen molar-refractivity contribution in [1.82, 2.24) is 0 Å². The fourth-order valence-electron chi connectivity index (χ4n) is 1.86. The molecule has 0 saturated heterocycles. The van der Waals surface area contributed by atoms with Crippen molar-refractivity contribution in [1.29, 1.82) is 0 Å². The number of aliphatic carboxylic acids is 1. The van der Waals surface area contributed by atoms with Gasteiger partial charge in [-0.25, -0.2) is 4.79 Å². The second-order valence-corrected chi connectivity index (χ2v) is 4.67. The first-order valence-electron chi connectivity index (χ1n) is 7.13. The molecule has 18 heavy (non-hydrogen) atoms. The van der Waals surface area contributed by atoms with Gasteiger partial charge in [0.25, 0.3) is 0 Å². The molecule has 1 unspecified atom stereocenters. The highest BCUT2D eigenvalue weighted by molar-refractivity contribution is 5.72. The van der Waals surface area contributed by atoms with Crippen molar-refractivity contribution in [3.05, 3.63) is 12.2 Å². The van der Waals surface area contributed by atoms with E-state index in [1.807, 2.05) is 0 Å². The van der Waals surface area contributed by atoms with E-state index in [1.54, 1.807) is 0 Å². The standard InChI is InChI=1S/C15H28O3/c1-3-4-5-6-7-8-9-10-11-12-13-14(18-2)15(16)17/h9-10,14H,3-8,11-13H2,1-2H3,(H,16,17)/b10-9-. The highest BCUT2D eigenvalue weighted by Gasteiger charge is 2.14. The lowest BCUT2D eigenvalue weighted by atomic mass is 10.1. The van der Waals surface area contributed by atoms with Crippen LogP contribution in [-0.2, 0) is 9.53 Å². The Labute approximate surface area is 111 Å². The van der Waals surface area contributed by atoms with Gasteiger partial charge in [-0.1, -0.05) is 44.8 Å². The van der Waals surface area contributed by atoms with Gasteiger partial charge in [0, 0.05) is 7.11 Å². The van der Waals surface area contributed by atoms with E-state index in [9.17, 15) is 4.79 Å². The number of unbranched alkanes of at least 4 members (excludes halogenated alkanes) is 6. The molecule has 0 radical (unpaired) electrons. The molecule has 0 fully saturated rings. The number of allylic oxidation sites excluding steroid dienone is 2. The van der Waals surface area contributed by atoms with Gasteiger partial charge in [-0.15, -0.1) is 0 Å². The van der Waals surface area contributed by atoms with Crippen LogP contribution in [0.2, 0.25) is 0 Å². The monoisotopic (exact) mass is 256 g/mol. The number of ether oxygens (including phenoxy) is 1. The summed E-state index contributed by atoms with van der Waals surface area (Å²) in [6.07, 6.45) is 13.9. The molecule has 0 aliphatic heterocycles. The quantitative estimate of drug-likeness (QED) is 0.421. The third-order valence-corrected chi connectivity index (χ3v) is 3.04. The summed E-state index contributed by atoms with van der Waals surface area (Å²) in [6.45, 7) is 2.23. The van der Waals surface area contributed by atoms with Crippen molar-refractivity contribution in [2.75, 3.05) is 7.11 Å². The van der Waals surface area contributed by atoms with Crippen molar-refractivity contribution in [3.8, 4) is 0 Å². The minimum atomic E-state index is -0.864. The fourth-order valence-corrected chi connectivity index (χ4v) is 1.86. The highest BCUT2D eigenvalue weighted by Crippen LogP contribution is 2.08. The van der Waals surface area contributed by atoms with Gasteiger partial charge in [-0.3, -0.25) is 0 Å². The molecule has 0 rings (SSSR count). The molecule has 0 aromatic rings. The summed E-state index contributed by atoms with van der Waals surface area (Å²) in [5, 5.41) is 8.77. The Balaban J connectivity index is 3.35. The lowest BCUT2D eigenvalue weighted by Gasteiger charge is -2.08. The molecular weight excluding hydrogens is 228 g/mol. The molecule has 0 amide bonds. The van der Waals surface area contributed by atoms with Gasteiger partial charge in [0.15, 0.2) is 6.10 Å². The van der Waals surface area contributed by atoms with E-state index in [0.29, 0.717) is 6.42 Å². The smallest absolute Gasteiger partial charge is 0.332 e. The van der Waals surface area contributed by atoms with Crippen molar-refractivity contribution >= 4 is 5.97 Å². The Morgan fingerprint density at radius 1 is 1.11 bits per heavy atom. The van der Waals surface area contributed by atoms with Gasteiger partial charge < -0.3 is 9.84 Å². The van der Waals surface area contributed by atoms with Gasteiger partial charge >= 0.3 is 5.97 Å². The van der Waals surface area contributed by atoms with Crippen LogP contribution in [-0.4, -0.2) is 24.3 Å². The Hall–Kier alpha value is -0.830. The second-order valence-electron chi connectivity index (χ2n) is 4.67. The predicted octanol–water partition coefficient (Wildman–Crippen LogP) is 4.17. The van der Waals surface area contributed by atoms with Crippen LogP contribution >= 0.6 is 0 Å². The second kappa shape index (κ2) is 12.6. The Morgan fingerprint density at radius 2 is 1.72 bits per heavy atom. The van der Waals surface area contributed by atoms with E-state index in [1.165, 1.54) is 39.2 Å². The third kappa shape index (κ3) is 10.3. The van der Waals surface area contributed by atoms with Crippen LogP contribution in [0.25, 0.3) is 0 Å². The highest BCUT2D eigenvalue weighted by atomic mass is 16.5. The molecule has 0 aliphatic rings. The molecule has 0 spiro atoms. The van der Waals surface area contributed by atoms with E-state index in [2.05, 4.69) is 19.1 Å². The van der Waals surface area contributed by atoms with Crippen molar-refractivity contribution in [2.45, 2.75) is 70.8 Å². The Kier molecular flexibility index (Phi) is 12.0. The molecule has 3 nitrogen and oxygen atoms in total.